The van der Waals surface area contributed by atoms with Gasteiger partial charge in [-0.25, -0.2) is 4.79 Å². The second kappa shape index (κ2) is 7.49. The maximum Gasteiger partial charge on any atom is 0.319 e. The first-order valence-corrected chi connectivity index (χ1v) is 9.67. The molecule has 0 bridgehead atoms. The minimum absolute atomic E-state index is 0.148. The van der Waals surface area contributed by atoms with E-state index >= 15 is 0 Å². The number of benzene rings is 1. The molecule has 0 spiro atoms. The number of hydrogen-bond donors (Lipinski definition) is 2. The van der Waals surface area contributed by atoms with E-state index in [0.29, 0.717) is 6.54 Å². The molecule has 1 aromatic carbocycles. The van der Waals surface area contributed by atoms with Gasteiger partial charge in [-0.1, -0.05) is 22.9 Å². The fraction of sp³-hybridized carbons (Fsp3) is 0.389. The molecule has 3 nitrogen and oxygen atoms in total. The number of urea groups is 1. The van der Waals surface area contributed by atoms with Crippen LogP contribution < -0.4 is 10.6 Å². The number of nitrogens with one attached hydrogen (secondary N) is 2. The van der Waals surface area contributed by atoms with Crippen molar-refractivity contribution in [3.05, 3.63) is 50.1 Å². The lowest BCUT2D eigenvalue weighted by Gasteiger charge is -2.19. The normalized spacial score (nSPS) is 16.7. The lowest BCUT2D eigenvalue weighted by molar-refractivity contribution is 0.252. The van der Waals surface area contributed by atoms with Crippen molar-refractivity contribution in [2.24, 2.45) is 5.92 Å². The predicted molar refractivity (Wildman–Crippen MR) is 100 cm³/mol. The van der Waals surface area contributed by atoms with Crippen molar-refractivity contribution in [1.29, 1.82) is 0 Å². The van der Waals surface area contributed by atoms with Crippen LogP contribution in [0.4, 0.5) is 10.5 Å². The van der Waals surface area contributed by atoms with E-state index in [1.165, 1.54) is 24.8 Å². The third-order valence-corrected chi connectivity index (χ3v) is 5.90. The Balaban J connectivity index is 1.48. The van der Waals surface area contributed by atoms with Gasteiger partial charge in [-0.15, -0.1) is 11.3 Å². The number of thiophene rings is 1. The van der Waals surface area contributed by atoms with E-state index in [-0.39, 0.29) is 6.03 Å². The highest BCUT2D eigenvalue weighted by molar-refractivity contribution is 9.10. The van der Waals surface area contributed by atoms with E-state index in [0.717, 1.165) is 22.5 Å². The highest BCUT2D eigenvalue weighted by Crippen LogP contribution is 2.32. The number of carbonyl (C=O) groups is 1. The van der Waals surface area contributed by atoms with Gasteiger partial charge in [0.1, 0.15) is 0 Å². The summed E-state index contributed by atoms with van der Waals surface area (Å²) in [5, 5.41) is 8.07. The fourth-order valence-electron chi connectivity index (χ4n) is 2.97. The SMILES string of the molecule is C[C@H]1CCc2c(CCNC(=O)Nc3ccc(Br)cc3)csc2C1. The number of hydrogen-bond acceptors (Lipinski definition) is 2. The molecule has 2 N–H and O–H groups in total. The third-order valence-electron chi connectivity index (χ3n) is 4.27. The van der Waals surface area contributed by atoms with Gasteiger partial charge in [0.2, 0.25) is 0 Å². The molecule has 1 aliphatic rings. The minimum Gasteiger partial charge on any atom is -0.338 e. The summed E-state index contributed by atoms with van der Waals surface area (Å²) in [6, 6.07) is 7.42. The Morgan fingerprint density at radius 3 is 2.91 bits per heavy atom. The van der Waals surface area contributed by atoms with Crippen LogP contribution in [-0.2, 0) is 19.3 Å². The molecule has 122 valence electrons. The molecule has 2 amide bonds. The quantitative estimate of drug-likeness (QED) is 0.754. The summed E-state index contributed by atoms with van der Waals surface area (Å²) in [5.74, 6) is 0.809. The standard InChI is InChI=1S/C18H21BrN2OS/c1-12-2-7-16-13(11-23-17(16)10-12)8-9-20-18(22)21-15-5-3-14(19)4-6-15/h3-6,11-12H,2,7-10H2,1H3,(H2,20,21,22)/t12-/m0/s1. The largest absolute Gasteiger partial charge is 0.338 e. The number of amides is 2. The van der Waals surface area contributed by atoms with Gasteiger partial charge in [0.25, 0.3) is 0 Å². The molecule has 0 fully saturated rings. The number of carbonyl (C=O) groups excluding carboxylic acids is 1. The Morgan fingerprint density at radius 2 is 2.13 bits per heavy atom. The Hall–Kier alpha value is -1.33. The Kier molecular flexibility index (Phi) is 5.38. The van der Waals surface area contributed by atoms with E-state index in [9.17, 15) is 4.79 Å². The van der Waals surface area contributed by atoms with Crippen LogP contribution in [-0.4, -0.2) is 12.6 Å². The van der Waals surface area contributed by atoms with Crippen LogP contribution in [0.3, 0.4) is 0 Å². The molecular weight excluding hydrogens is 372 g/mol. The Bertz CT molecular complexity index is 681. The van der Waals surface area contributed by atoms with Gasteiger partial charge >= 0.3 is 6.03 Å². The van der Waals surface area contributed by atoms with Crippen molar-refractivity contribution >= 4 is 39.0 Å². The van der Waals surface area contributed by atoms with Gasteiger partial charge in [-0.2, -0.15) is 0 Å². The minimum atomic E-state index is -0.148. The summed E-state index contributed by atoms with van der Waals surface area (Å²) in [7, 11) is 0. The Morgan fingerprint density at radius 1 is 1.35 bits per heavy atom. The van der Waals surface area contributed by atoms with Crippen molar-refractivity contribution in [2.75, 3.05) is 11.9 Å². The van der Waals surface area contributed by atoms with E-state index in [1.54, 1.807) is 10.4 Å². The van der Waals surface area contributed by atoms with E-state index in [2.05, 4.69) is 38.9 Å². The van der Waals surface area contributed by atoms with Crippen molar-refractivity contribution in [2.45, 2.75) is 32.6 Å². The average Bonchev–Trinajstić information content (AvgIpc) is 2.92. The smallest absolute Gasteiger partial charge is 0.319 e. The third kappa shape index (κ3) is 4.36. The number of fused-ring (bicyclic) bond motifs is 1. The van der Waals surface area contributed by atoms with Crippen LogP contribution in [0.25, 0.3) is 0 Å². The topological polar surface area (TPSA) is 41.1 Å². The van der Waals surface area contributed by atoms with Gasteiger partial charge in [-0.05, 0) is 72.4 Å². The molecule has 0 unspecified atom stereocenters. The van der Waals surface area contributed by atoms with Crippen molar-refractivity contribution in [3.63, 3.8) is 0 Å². The van der Waals surface area contributed by atoms with Crippen LogP contribution in [0.1, 0.15) is 29.3 Å². The summed E-state index contributed by atoms with van der Waals surface area (Å²) < 4.78 is 1.00. The van der Waals surface area contributed by atoms with Crippen molar-refractivity contribution in [3.8, 4) is 0 Å². The zero-order valence-electron chi connectivity index (χ0n) is 13.2. The van der Waals surface area contributed by atoms with E-state index in [4.69, 9.17) is 0 Å². The van der Waals surface area contributed by atoms with Gasteiger partial charge in [0.05, 0.1) is 0 Å². The van der Waals surface area contributed by atoms with Crippen LogP contribution in [0.2, 0.25) is 0 Å². The first kappa shape index (κ1) is 16.5. The van der Waals surface area contributed by atoms with E-state index in [1.807, 2.05) is 35.6 Å². The highest BCUT2D eigenvalue weighted by Gasteiger charge is 2.19. The molecule has 0 saturated carbocycles. The average molecular weight is 393 g/mol. The lowest BCUT2D eigenvalue weighted by Crippen LogP contribution is -2.30. The molecule has 3 rings (SSSR count). The second-order valence-electron chi connectivity index (χ2n) is 6.15. The number of anilines is 1. The molecule has 0 aliphatic heterocycles. The van der Waals surface area contributed by atoms with Gasteiger partial charge < -0.3 is 10.6 Å². The molecule has 1 aromatic heterocycles. The molecule has 0 radical (unpaired) electrons. The Labute approximate surface area is 149 Å². The molecular formula is C18H21BrN2OS. The lowest BCUT2D eigenvalue weighted by atomic mass is 9.88. The van der Waals surface area contributed by atoms with Gasteiger partial charge in [-0.3, -0.25) is 0 Å². The van der Waals surface area contributed by atoms with Crippen molar-refractivity contribution < 1.29 is 4.79 Å². The number of halogens is 1. The fourth-order valence-corrected chi connectivity index (χ4v) is 4.54. The summed E-state index contributed by atoms with van der Waals surface area (Å²) in [6.45, 7) is 3.00. The molecule has 1 atom stereocenters. The predicted octanol–water partition coefficient (Wildman–Crippen LogP) is 5.00. The maximum absolute atomic E-state index is 11.9. The number of rotatable bonds is 4. The summed E-state index contributed by atoms with van der Waals surface area (Å²) >= 11 is 5.27. The molecule has 23 heavy (non-hydrogen) atoms. The molecule has 1 heterocycles. The van der Waals surface area contributed by atoms with Crippen LogP contribution in [0.5, 0.6) is 0 Å². The van der Waals surface area contributed by atoms with Crippen molar-refractivity contribution in [1.82, 2.24) is 5.32 Å². The zero-order chi connectivity index (χ0) is 16.2. The monoisotopic (exact) mass is 392 g/mol. The maximum atomic E-state index is 11.9. The van der Waals surface area contributed by atoms with Gasteiger partial charge in [0.15, 0.2) is 0 Å². The van der Waals surface area contributed by atoms with Crippen LogP contribution in [0.15, 0.2) is 34.1 Å². The van der Waals surface area contributed by atoms with Crippen LogP contribution in [0, 0.1) is 5.92 Å². The molecule has 0 saturated heterocycles. The molecule has 5 heteroatoms. The summed E-state index contributed by atoms with van der Waals surface area (Å²) in [6.07, 6.45) is 4.61. The molecule has 2 aromatic rings. The van der Waals surface area contributed by atoms with Gasteiger partial charge in [0, 0.05) is 21.6 Å². The molecule has 1 aliphatic carbocycles. The second-order valence-corrected chi connectivity index (χ2v) is 8.03. The van der Waals surface area contributed by atoms with Crippen LogP contribution >= 0.6 is 27.3 Å². The van der Waals surface area contributed by atoms with E-state index < -0.39 is 0 Å². The zero-order valence-corrected chi connectivity index (χ0v) is 15.6. The summed E-state index contributed by atoms with van der Waals surface area (Å²) in [4.78, 5) is 13.5. The summed E-state index contributed by atoms with van der Waals surface area (Å²) in [5.41, 5.74) is 3.76. The first-order valence-electron chi connectivity index (χ1n) is 8.00. The highest BCUT2D eigenvalue weighted by atomic mass is 79.9. The first-order chi connectivity index (χ1) is 11.1.